The molecule has 2 aromatic heterocycles. The molecular formula is C26H20N4O4S2. The lowest BCUT2D eigenvalue weighted by Gasteiger charge is -2.22. The lowest BCUT2D eigenvalue weighted by atomic mass is 9.96. The summed E-state index contributed by atoms with van der Waals surface area (Å²) in [6, 6.07) is 19.1. The summed E-state index contributed by atoms with van der Waals surface area (Å²) in [5.41, 5.74) is 2.06. The van der Waals surface area contributed by atoms with E-state index < -0.39 is 17.7 Å². The van der Waals surface area contributed by atoms with Crippen LogP contribution in [0.3, 0.4) is 0 Å². The number of aliphatic hydroxyl groups is 1. The van der Waals surface area contributed by atoms with Gasteiger partial charge in [0.1, 0.15) is 11.5 Å². The molecule has 1 atom stereocenters. The first-order chi connectivity index (χ1) is 17.6. The summed E-state index contributed by atoms with van der Waals surface area (Å²) >= 11 is 2.72. The maximum absolute atomic E-state index is 13.2. The minimum Gasteiger partial charge on any atom is -0.507 e. The number of benzene rings is 2. The van der Waals surface area contributed by atoms with E-state index in [0.29, 0.717) is 27.0 Å². The van der Waals surface area contributed by atoms with Crippen molar-refractivity contribution in [3.8, 4) is 5.75 Å². The van der Waals surface area contributed by atoms with Crippen LogP contribution in [0.5, 0.6) is 5.75 Å². The molecule has 0 spiro atoms. The Balaban J connectivity index is 1.53. The van der Waals surface area contributed by atoms with Crippen molar-refractivity contribution in [3.05, 3.63) is 101 Å². The zero-order chi connectivity index (χ0) is 25.1. The Hall–Kier alpha value is -4.02. The van der Waals surface area contributed by atoms with Crippen molar-refractivity contribution in [1.29, 1.82) is 0 Å². The molecular weight excluding hydrogens is 496 g/mol. The molecule has 36 heavy (non-hydrogen) atoms. The van der Waals surface area contributed by atoms with E-state index >= 15 is 0 Å². The second kappa shape index (κ2) is 10.3. The summed E-state index contributed by atoms with van der Waals surface area (Å²) in [5.74, 6) is -0.570. The number of ether oxygens (including phenoxy) is 1. The van der Waals surface area contributed by atoms with Crippen molar-refractivity contribution in [2.24, 2.45) is 0 Å². The fourth-order valence-electron chi connectivity index (χ4n) is 3.86. The number of hydrogen-bond donors (Lipinski definition) is 1. The maximum atomic E-state index is 13.2. The van der Waals surface area contributed by atoms with Crippen molar-refractivity contribution in [2.75, 3.05) is 12.0 Å². The largest absolute Gasteiger partial charge is 0.507 e. The van der Waals surface area contributed by atoms with Gasteiger partial charge < -0.3 is 9.84 Å². The molecule has 8 nitrogen and oxygen atoms in total. The zero-order valence-corrected chi connectivity index (χ0v) is 20.7. The van der Waals surface area contributed by atoms with Gasteiger partial charge >= 0.3 is 5.91 Å². The first-order valence-corrected chi connectivity index (χ1v) is 12.7. The SMILES string of the molecule is COc1ccc(C(O)=C2C(=O)C(=O)N(c3nnc(SCc4ccccc4)s3)[C@@H]2c2cccnc2)cc1. The number of carbonyl (C=O) groups is 2. The molecule has 1 fully saturated rings. The third-order valence-electron chi connectivity index (χ3n) is 5.62. The second-order valence-corrected chi connectivity index (χ2v) is 9.99. The second-order valence-electron chi connectivity index (χ2n) is 7.81. The highest BCUT2D eigenvalue weighted by Crippen LogP contribution is 2.43. The zero-order valence-electron chi connectivity index (χ0n) is 19.1. The van der Waals surface area contributed by atoms with Crippen LogP contribution >= 0.6 is 23.1 Å². The number of anilines is 1. The molecule has 1 aliphatic rings. The Morgan fingerprint density at radius 1 is 1.06 bits per heavy atom. The highest BCUT2D eigenvalue weighted by molar-refractivity contribution is 8.00. The van der Waals surface area contributed by atoms with Crippen molar-refractivity contribution in [1.82, 2.24) is 15.2 Å². The monoisotopic (exact) mass is 516 g/mol. The molecule has 4 aromatic rings. The van der Waals surface area contributed by atoms with E-state index in [9.17, 15) is 14.7 Å². The first kappa shape index (κ1) is 23.7. The van der Waals surface area contributed by atoms with E-state index in [1.807, 2.05) is 30.3 Å². The van der Waals surface area contributed by atoms with Crippen LogP contribution in [0.25, 0.3) is 5.76 Å². The maximum Gasteiger partial charge on any atom is 0.301 e. The molecule has 1 N–H and O–H groups in total. The number of rotatable bonds is 7. The van der Waals surface area contributed by atoms with Crippen molar-refractivity contribution in [3.63, 3.8) is 0 Å². The summed E-state index contributed by atoms with van der Waals surface area (Å²) in [5, 5.41) is 19.9. The fourth-order valence-corrected chi connectivity index (χ4v) is 5.69. The number of ketones is 1. The number of Topliss-reactive ketones (excluding diaryl/α,β-unsaturated/α-hetero) is 1. The van der Waals surface area contributed by atoms with Gasteiger partial charge in [0.05, 0.1) is 18.7 Å². The number of aromatic nitrogens is 3. The van der Waals surface area contributed by atoms with Gasteiger partial charge in [0, 0.05) is 23.7 Å². The Kier molecular flexibility index (Phi) is 6.79. The van der Waals surface area contributed by atoms with Crippen LogP contribution in [-0.2, 0) is 15.3 Å². The predicted octanol–water partition coefficient (Wildman–Crippen LogP) is 4.86. The van der Waals surface area contributed by atoms with Gasteiger partial charge in [-0.05, 0) is 41.5 Å². The summed E-state index contributed by atoms with van der Waals surface area (Å²) < 4.78 is 5.84. The Bertz CT molecular complexity index is 1420. The summed E-state index contributed by atoms with van der Waals surface area (Å²) in [4.78, 5) is 31.9. The minimum absolute atomic E-state index is 0.0353. The fraction of sp³-hybridized carbons (Fsp3) is 0.115. The van der Waals surface area contributed by atoms with Crippen molar-refractivity contribution >= 4 is 45.7 Å². The quantitative estimate of drug-likeness (QED) is 0.122. The van der Waals surface area contributed by atoms with Gasteiger partial charge in [-0.2, -0.15) is 0 Å². The number of pyridine rings is 1. The molecule has 0 bridgehead atoms. The van der Waals surface area contributed by atoms with Crippen LogP contribution in [0.15, 0.2) is 89.0 Å². The van der Waals surface area contributed by atoms with Gasteiger partial charge in [0.15, 0.2) is 4.34 Å². The average molecular weight is 517 g/mol. The third kappa shape index (κ3) is 4.60. The lowest BCUT2D eigenvalue weighted by Crippen LogP contribution is -2.29. The van der Waals surface area contributed by atoms with Crippen molar-refractivity contribution < 1.29 is 19.4 Å². The van der Waals surface area contributed by atoms with Crippen molar-refractivity contribution in [2.45, 2.75) is 16.1 Å². The van der Waals surface area contributed by atoms with Crippen LogP contribution < -0.4 is 9.64 Å². The van der Waals surface area contributed by atoms with Crippen LogP contribution in [0, 0.1) is 0 Å². The van der Waals surface area contributed by atoms with Gasteiger partial charge in [0.25, 0.3) is 5.78 Å². The van der Waals surface area contributed by atoms with E-state index in [1.165, 1.54) is 35.1 Å². The Labute approximate surface area is 215 Å². The number of amides is 1. The van der Waals surface area contributed by atoms with Gasteiger partial charge in [-0.3, -0.25) is 19.5 Å². The van der Waals surface area contributed by atoms with Gasteiger partial charge in [-0.15, -0.1) is 10.2 Å². The molecule has 10 heteroatoms. The Morgan fingerprint density at radius 3 is 2.53 bits per heavy atom. The molecule has 2 aromatic carbocycles. The van der Waals surface area contributed by atoms with E-state index in [2.05, 4.69) is 15.2 Å². The normalized spacial score (nSPS) is 16.9. The minimum atomic E-state index is -0.902. The number of nitrogens with zero attached hydrogens (tertiary/aromatic N) is 4. The molecule has 3 heterocycles. The van der Waals surface area contributed by atoms with Gasteiger partial charge in [0.2, 0.25) is 5.13 Å². The van der Waals surface area contributed by atoms with Crippen LogP contribution in [0.1, 0.15) is 22.7 Å². The molecule has 5 rings (SSSR count). The van der Waals surface area contributed by atoms with Crippen LogP contribution in [0.2, 0.25) is 0 Å². The van der Waals surface area contributed by atoms with Crippen LogP contribution in [0.4, 0.5) is 5.13 Å². The highest BCUT2D eigenvalue weighted by Gasteiger charge is 2.48. The molecule has 1 aliphatic heterocycles. The third-order valence-corrected chi connectivity index (χ3v) is 7.74. The Morgan fingerprint density at radius 2 is 1.83 bits per heavy atom. The number of methoxy groups -OCH3 is 1. The molecule has 1 amide bonds. The molecule has 0 unspecified atom stereocenters. The van der Waals surface area contributed by atoms with E-state index in [0.717, 1.165) is 5.56 Å². The van der Waals surface area contributed by atoms with E-state index in [-0.39, 0.29) is 16.5 Å². The number of aliphatic hydroxyl groups excluding tert-OH is 1. The highest BCUT2D eigenvalue weighted by atomic mass is 32.2. The molecule has 180 valence electrons. The standard InChI is InChI=1S/C26H20N4O4S2/c1-34-19-11-9-17(10-12-19)22(31)20-21(18-8-5-13-27-14-18)30(24(33)23(20)32)25-28-29-26(36-25)35-15-16-6-3-2-4-7-16/h2-14,21,31H,15H2,1H3/t21-/m1/s1. The van der Waals surface area contributed by atoms with Gasteiger partial charge in [-0.25, -0.2) is 0 Å². The summed E-state index contributed by atoms with van der Waals surface area (Å²) in [7, 11) is 1.54. The summed E-state index contributed by atoms with van der Waals surface area (Å²) in [6.45, 7) is 0. The summed E-state index contributed by atoms with van der Waals surface area (Å²) in [6.07, 6.45) is 3.17. The molecule has 0 aliphatic carbocycles. The lowest BCUT2D eigenvalue weighted by molar-refractivity contribution is -0.132. The van der Waals surface area contributed by atoms with Crippen LogP contribution in [-0.4, -0.2) is 39.1 Å². The first-order valence-electron chi connectivity index (χ1n) is 10.9. The number of carbonyl (C=O) groups excluding carboxylic acids is 2. The van der Waals surface area contributed by atoms with E-state index in [1.54, 1.807) is 48.8 Å². The number of hydrogen-bond acceptors (Lipinski definition) is 9. The number of thioether (sulfide) groups is 1. The van der Waals surface area contributed by atoms with Gasteiger partial charge in [-0.1, -0.05) is 59.5 Å². The van der Waals surface area contributed by atoms with E-state index in [4.69, 9.17) is 4.74 Å². The predicted molar refractivity (Wildman–Crippen MR) is 138 cm³/mol. The molecule has 1 saturated heterocycles. The average Bonchev–Trinajstić information content (AvgIpc) is 3.50. The molecule has 0 saturated carbocycles. The molecule has 0 radical (unpaired) electrons. The smallest absolute Gasteiger partial charge is 0.301 e. The topological polar surface area (TPSA) is 106 Å².